The first-order valence-corrected chi connectivity index (χ1v) is 13.9. The maximum absolute atomic E-state index is 12.4. The number of hydrogen-bond donors (Lipinski definition) is 1. The van der Waals surface area contributed by atoms with Crippen molar-refractivity contribution in [3.8, 4) is 23.4 Å². The summed E-state index contributed by atoms with van der Waals surface area (Å²) in [4.78, 5) is 16.7. The Balaban J connectivity index is 1.40. The molecular formula is C30H26Br2N4O5. The summed E-state index contributed by atoms with van der Waals surface area (Å²) in [6.07, 6.45) is 1.47. The molecule has 0 bridgehead atoms. The summed E-state index contributed by atoms with van der Waals surface area (Å²) >= 11 is 6.96. The van der Waals surface area contributed by atoms with Crippen LogP contribution in [0.4, 0.5) is 0 Å². The SMILES string of the molecule is COCc1c(Br)c(C)nc(OCC(=O)N/N=C/c2cc(OC)c(OCc3cccc4ccccc34)cc2Br)c1C#N. The Morgan fingerprint density at radius 2 is 1.85 bits per heavy atom. The van der Waals surface area contributed by atoms with E-state index in [0.717, 1.165) is 16.3 Å². The van der Waals surface area contributed by atoms with E-state index in [-0.39, 0.29) is 18.1 Å². The molecular weight excluding hydrogens is 656 g/mol. The Hall–Kier alpha value is -3.98. The molecule has 0 unspecified atom stereocenters. The van der Waals surface area contributed by atoms with Gasteiger partial charge in [-0.1, -0.05) is 42.5 Å². The quantitative estimate of drug-likeness (QED) is 0.148. The van der Waals surface area contributed by atoms with Gasteiger partial charge in [-0.05, 0) is 67.3 Å². The lowest BCUT2D eigenvalue weighted by atomic mass is 10.1. The van der Waals surface area contributed by atoms with Crippen LogP contribution >= 0.6 is 31.9 Å². The van der Waals surface area contributed by atoms with Gasteiger partial charge in [-0.2, -0.15) is 10.4 Å². The maximum Gasteiger partial charge on any atom is 0.278 e. The predicted molar refractivity (Wildman–Crippen MR) is 162 cm³/mol. The number of ether oxygens (including phenoxy) is 4. The second-order valence-electron chi connectivity index (χ2n) is 8.75. The summed E-state index contributed by atoms with van der Waals surface area (Å²) in [5.41, 5.74) is 5.52. The van der Waals surface area contributed by atoms with E-state index in [2.05, 4.69) is 71.6 Å². The molecule has 0 atom stereocenters. The number of benzene rings is 3. The summed E-state index contributed by atoms with van der Waals surface area (Å²) in [5.74, 6) is 0.585. The summed E-state index contributed by atoms with van der Waals surface area (Å²) in [5, 5.41) is 15.9. The summed E-state index contributed by atoms with van der Waals surface area (Å²) in [6, 6.07) is 19.9. The lowest BCUT2D eigenvalue weighted by molar-refractivity contribution is -0.123. The molecule has 1 aromatic heterocycles. The molecule has 0 saturated carbocycles. The zero-order valence-corrected chi connectivity index (χ0v) is 25.7. The number of rotatable bonds is 11. The van der Waals surface area contributed by atoms with Crippen molar-refractivity contribution in [1.29, 1.82) is 5.26 Å². The highest BCUT2D eigenvalue weighted by atomic mass is 79.9. The normalized spacial score (nSPS) is 10.9. The van der Waals surface area contributed by atoms with Gasteiger partial charge in [-0.3, -0.25) is 4.79 Å². The van der Waals surface area contributed by atoms with Gasteiger partial charge in [0.15, 0.2) is 18.1 Å². The van der Waals surface area contributed by atoms with Gasteiger partial charge in [0.2, 0.25) is 5.88 Å². The largest absolute Gasteiger partial charge is 0.493 e. The van der Waals surface area contributed by atoms with Crippen LogP contribution in [0.15, 0.2) is 68.6 Å². The monoisotopic (exact) mass is 680 g/mol. The molecule has 11 heteroatoms. The number of halogens is 2. The van der Waals surface area contributed by atoms with Crippen LogP contribution in [0.25, 0.3) is 10.8 Å². The minimum absolute atomic E-state index is 0.0472. The Labute approximate surface area is 254 Å². The summed E-state index contributed by atoms with van der Waals surface area (Å²) in [6.45, 7) is 1.91. The summed E-state index contributed by atoms with van der Waals surface area (Å²) < 4.78 is 23.7. The van der Waals surface area contributed by atoms with Crippen molar-refractivity contribution < 1.29 is 23.7 Å². The Morgan fingerprint density at radius 3 is 2.61 bits per heavy atom. The van der Waals surface area contributed by atoms with Gasteiger partial charge in [0, 0.05) is 27.2 Å². The van der Waals surface area contributed by atoms with Crippen LogP contribution in [-0.4, -0.2) is 37.9 Å². The highest BCUT2D eigenvalue weighted by molar-refractivity contribution is 9.10. The number of carbonyl (C=O) groups excluding carboxylic acids is 1. The van der Waals surface area contributed by atoms with Crippen molar-refractivity contribution in [1.82, 2.24) is 10.4 Å². The Bertz CT molecular complexity index is 1650. The Kier molecular flexibility index (Phi) is 10.3. The lowest BCUT2D eigenvalue weighted by Crippen LogP contribution is -2.25. The van der Waals surface area contributed by atoms with Crippen LogP contribution in [0.3, 0.4) is 0 Å². The van der Waals surface area contributed by atoms with E-state index in [1.54, 1.807) is 26.2 Å². The van der Waals surface area contributed by atoms with E-state index < -0.39 is 12.5 Å². The van der Waals surface area contributed by atoms with Crippen LogP contribution in [0.1, 0.15) is 27.9 Å². The highest BCUT2D eigenvalue weighted by Crippen LogP contribution is 2.34. The fourth-order valence-corrected chi connectivity index (χ4v) is 4.88. The molecule has 3 aromatic carbocycles. The molecule has 0 fully saturated rings. The third kappa shape index (κ3) is 7.21. The maximum atomic E-state index is 12.4. The molecule has 0 aliphatic rings. The third-order valence-electron chi connectivity index (χ3n) is 6.05. The molecule has 0 spiro atoms. The first-order chi connectivity index (χ1) is 19.9. The standard InChI is InChI=1S/C30H26Br2N4O5/c1-18-29(32)24(16-38-2)23(13-33)30(35-18)41-17-28(37)36-34-14-21-11-26(39-3)27(12-25(21)31)40-15-20-9-6-8-19-7-4-5-10-22(19)20/h4-12,14H,15-17H2,1-3H3,(H,36,37)/b34-14+. The topological polar surface area (TPSA) is 115 Å². The second-order valence-corrected chi connectivity index (χ2v) is 10.4. The number of methoxy groups -OCH3 is 2. The van der Waals surface area contributed by atoms with Crippen LogP contribution in [0.5, 0.6) is 17.4 Å². The van der Waals surface area contributed by atoms with Crippen molar-refractivity contribution in [2.24, 2.45) is 5.10 Å². The van der Waals surface area contributed by atoms with E-state index in [4.69, 9.17) is 18.9 Å². The fourth-order valence-electron chi connectivity index (χ4n) is 4.05. The minimum Gasteiger partial charge on any atom is -0.493 e. The molecule has 0 radical (unpaired) electrons. The number of hydrogen-bond acceptors (Lipinski definition) is 8. The van der Waals surface area contributed by atoms with Crippen molar-refractivity contribution >= 4 is 54.8 Å². The van der Waals surface area contributed by atoms with E-state index in [9.17, 15) is 10.1 Å². The number of hydrazone groups is 1. The molecule has 41 heavy (non-hydrogen) atoms. The van der Waals surface area contributed by atoms with Gasteiger partial charge < -0.3 is 18.9 Å². The smallest absolute Gasteiger partial charge is 0.278 e. The molecule has 9 nitrogen and oxygen atoms in total. The first kappa shape index (κ1) is 30.0. The molecule has 0 saturated heterocycles. The van der Waals surface area contributed by atoms with E-state index in [1.807, 2.05) is 24.3 Å². The minimum atomic E-state index is -0.529. The van der Waals surface area contributed by atoms with Crippen LogP contribution < -0.4 is 19.6 Å². The van der Waals surface area contributed by atoms with E-state index in [0.29, 0.717) is 43.9 Å². The van der Waals surface area contributed by atoms with Crippen molar-refractivity contribution in [2.45, 2.75) is 20.1 Å². The molecule has 4 aromatic rings. The average Bonchev–Trinajstić information content (AvgIpc) is 2.98. The zero-order valence-electron chi connectivity index (χ0n) is 22.5. The molecule has 210 valence electrons. The number of aromatic nitrogens is 1. The number of nitrogens with one attached hydrogen (secondary N) is 1. The molecule has 0 aliphatic heterocycles. The van der Waals surface area contributed by atoms with Gasteiger partial charge in [0.25, 0.3) is 5.91 Å². The van der Waals surface area contributed by atoms with Gasteiger partial charge >= 0.3 is 0 Å². The van der Waals surface area contributed by atoms with Gasteiger partial charge in [0.1, 0.15) is 18.2 Å². The molecule has 4 rings (SSSR count). The molecule has 0 aliphatic carbocycles. The second kappa shape index (κ2) is 14.1. The van der Waals surface area contributed by atoms with Crippen molar-refractivity contribution in [3.63, 3.8) is 0 Å². The van der Waals surface area contributed by atoms with E-state index >= 15 is 0 Å². The van der Waals surface area contributed by atoms with Gasteiger partial charge in [-0.25, -0.2) is 10.4 Å². The number of aryl methyl sites for hydroxylation is 1. The van der Waals surface area contributed by atoms with Crippen molar-refractivity contribution in [2.75, 3.05) is 20.8 Å². The average molecular weight is 682 g/mol. The number of nitriles is 1. The van der Waals surface area contributed by atoms with Gasteiger partial charge in [-0.15, -0.1) is 0 Å². The number of pyridine rings is 1. The Morgan fingerprint density at radius 1 is 1.07 bits per heavy atom. The van der Waals surface area contributed by atoms with Gasteiger partial charge in [0.05, 0.1) is 25.6 Å². The highest BCUT2D eigenvalue weighted by Gasteiger charge is 2.18. The van der Waals surface area contributed by atoms with Crippen LogP contribution in [0, 0.1) is 18.3 Å². The predicted octanol–water partition coefficient (Wildman–Crippen LogP) is 6.20. The number of amides is 1. The number of nitrogens with zero attached hydrogens (tertiary/aromatic N) is 3. The van der Waals surface area contributed by atoms with Crippen LogP contribution in [0.2, 0.25) is 0 Å². The lowest BCUT2D eigenvalue weighted by Gasteiger charge is -2.14. The molecule has 1 heterocycles. The van der Waals surface area contributed by atoms with Crippen molar-refractivity contribution in [3.05, 3.63) is 91.5 Å². The number of carbonyl (C=O) groups is 1. The first-order valence-electron chi connectivity index (χ1n) is 12.4. The van der Waals surface area contributed by atoms with Crippen LogP contribution in [-0.2, 0) is 22.7 Å². The molecule has 1 N–H and O–H groups in total. The summed E-state index contributed by atoms with van der Waals surface area (Å²) in [7, 11) is 3.08. The number of fused-ring (bicyclic) bond motifs is 1. The molecule has 1 amide bonds. The fraction of sp³-hybridized carbons (Fsp3) is 0.200. The van der Waals surface area contributed by atoms with E-state index in [1.165, 1.54) is 13.3 Å². The zero-order chi connectivity index (χ0) is 29.4. The third-order valence-corrected chi connectivity index (χ3v) is 7.79.